The van der Waals surface area contributed by atoms with Crippen LogP contribution in [-0.2, 0) is 30.1 Å². The number of alkyl halides is 6. The second-order valence-electron chi connectivity index (χ2n) is 7.81. The number of fused-ring (bicyclic) bond motifs is 1. The van der Waals surface area contributed by atoms with Crippen LogP contribution in [0, 0.1) is 4.91 Å². The third kappa shape index (κ3) is 5.95. The summed E-state index contributed by atoms with van der Waals surface area (Å²) in [5.74, 6) is 0. The summed E-state index contributed by atoms with van der Waals surface area (Å²) in [7, 11) is 1.45. The molecule has 0 saturated carbocycles. The first-order valence-electron chi connectivity index (χ1n) is 10.2. The molecule has 0 heterocycles. The Hall–Kier alpha value is -3.37. The minimum Gasteiger partial charge on any atom is -0.445 e. The molecule has 182 valence electrons. The van der Waals surface area contributed by atoms with Crippen molar-refractivity contribution in [2.45, 2.75) is 37.8 Å². The monoisotopic (exact) mass is 486 g/mol. The normalized spacial score (nSPS) is 15.9. The fraction of sp³-hybridized carbons (Fsp3) is 0.348. The summed E-state index contributed by atoms with van der Waals surface area (Å²) in [4.78, 5) is 24.1. The summed E-state index contributed by atoms with van der Waals surface area (Å²) in [5.41, 5.74) is -0.734. The molecule has 5 nitrogen and oxygen atoms in total. The van der Waals surface area contributed by atoms with Crippen LogP contribution in [0.2, 0.25) is 0 Å². The minimum absolute atomic E-state index is 0.0122. The lowest BCUT2D eigenvalue weighted by Gasteiger charge is -2.25. The van der Waals surface area contributed by atoms with E-state index < -0.39 is 41.7 Å². The van der Waals surface area contributed by atoms with Gasteiger partial charge in [0, 0.05) is 7.05 Å². The van der Waals surface area contributed by atoms with Crippen LogP contribution in [0.1, 0.15) is 45.8 Å². The standard InChI is InChI=1S/C23H20F6N2O3/c1-31(20-7-6-16-5-4-14(11-19(16)20)3-2-8-30-33)21(32)34-13-15-9-17(22(24,25)26)12-18(10-15)23(27,28)29/h2-5,9-12,20H,6-8,13H2,1H3/b3-2+. The van der Waals surface area contributed by atoms with Crippen LogP contribution in [0.25, 0.3) is 6.08 Å². The van der Waals surface area contributed by atoms with Crippen molar-refractivity contribution < 1.29 is 35.9 Å². The van der Waals surface area contributed by atoms with E-state index >= 15 is 0 Å². The summed E-state index contributed by atoms with van der Waals surface area (Å²) >= 11 is 0. The maximum absolute atomic E-state index is 13.0. The molecule has 1 aliphatic carbocycles. The van der Waals surface area contributed by atoms with Gasteiger partial charge in [0.2, 0.25) is 0 Å². The zero-order valence-corrected chi connectivity index (χ0v) is 17.9. The maximum Gasteiger partial charge on any atom is 0.416 e. The van der Waals surface area contributed by atoms with Gasteiger partial charge in [-0.3, -0.25) is 0 Å². The highest BCUT2D eigenvalue weighted by molar-refractivity contribution is 5.68. The molecular weight excluding hydrogens is 466 g/mol. The number of benzene rings is 2. The Labute approximate surface area is 191 Å². The topological polar surface area (TPSA) is 59.0 Å². The van der Waals surface area contributed by atoms with Gasteiger partial charge in [0.1, 0.15) is 6.61 Å². The molecule has 0 aromatic heterocycles. The molecule has 0 saturated heterocycles. The molecule has 0 radical (unpaired) electrons. The van der Waals surface area contributed by atoms with Crippen molar-refractivity contribution in [2.75, 3.05) is 13.6 Å². The summed E-state index contributed by atoms with van der Waals surface area (Å²) in [6, 6.07) is 6.29. The second kappa shape index (κ2) is 9.86. The number of hydrogen-bond donors (Lipinski definition) is 0. The summed E-state index contributed by atoms with van der Waals surface area (Å²) < 4.78 is 83.2. The van der Waals surface area contributed by atoms with E-state index in [2.05, 4.69) is 5.18 Å². The van der Waals surface area contributed by atoms with Gasteiger partial charge < -0.3 is 9.64 Å². The predicted octanol–water partition coefficient (Wildman–Crippen LogP) is 6.76. The third-order valence-corrected chi connectivity index (χ3v) is 5.47. The molecule has 1 unspecified atom stereocenters. The molecule has 0 spiro atoms. The van der Waals surface area contributed by atoms with Gasteiger partial charge in [-0.1, -0.05) is 29.5 Å². The zero-order valence-electron chi connectivity index (χ0n) is 17.9. The van der Waals surface area contributed by atoms with E-state index in [0.717, 1.165) is 16.7 Å². The van der Waals surface area contributed by atoms with E-state index in [1.807, 2.05) is 18.2 Å². The number of ether oxygens (including phenoxy) is 1. The molecule has 1 aliphatic rings. The first-order chi connectivity index (χ1) is 15.9. The van der Waals surface area contributed by atoms with E-state index in [9.17, 15) is 36.0 Å². The fourth-order valence-electron chi connectivity index (χ4n) is 3.81. The van der Waals surface area contributed by atoms with E-state index in [1.165, 1.54) is 11.9 Å². The number of nitrogens with zero attached hydrogens (tertiary/aromatic N) is 2. The van der Waals surface area contributed by atoms with Crippen molar-refractivity contribution in [3.63, 3.8) is 0 Å². The Bertz CT molecular complexity index is 1060. The van der Waals surface area contributed by atoms with Crippen LogP contribution >= 0.6 is 0 Å². The van der Waals surface area contributed by atoms with E-state index in [-0.39, 0.29) is 18.7 Å². The Morgan fingerprint density at radius 1 is 1.09 bits per heavy atom. The molecule has 0 N–H and O–H groups in total. The SMILES string of the molecule is CN(C(=O)OCc1cc(C(F)(F)F)cc(C(F)(F)F)c1)C1CCc2ccc(/C=C/CN=O)cc21. The minimum atomic E-state index is -4.99. The number of aryl methyl sites for hydroxylation is 1. The number of rotatable bonds is 6. The van der Waals surface area contributed by atoms with Gasteiger partial charge in [0.25, 0.3) is 0 Å². The highest BCUT2D eigenvalue weighted by Gasteiger charge is 2.37. The van der Waals surface area contributed by atoms with Gasteiger partial charge in [-0.2, -0.15) is 31.2 Å². The average molecular weight is 486 g/mol. The summed E-state index contributed by atoms with van der Waals surface area (Å²) in [6.45, 7) is -0.741. The number of hydrogen-bond acceptors (Lipinski definition) is 4. The molecule has 1 atom stereocenters. The van der Waals surface area contributed by atoms with Crippen molar-refractivity contribution in [3.8, 4) is 0 Å². The predicted molar refractivity (Wildman–Crippen MR) is 112 cm³/mol. The molecule has 1 amide bonds. The number of amides is 1. The molecular formula is C23H20F6N2O3. The van der Waals surface area contributed by atoms with E-state index in [4.69, 9.17) is 4.74 Å². The van der Waals surface area contributed by atoms with Gasteiger partial charge in [-0.25, -0.2) is 4.79 Å². The van der Waals surface area contributed by atoms with Gasteiger partial charge in [-0.05, 0) is 59.4 Å². The number of halogens is 6. The van der Waals surface area contributed by atoms with Gasteiger partial charge >= 0.3 is 18.4 Å². The molecule has 0 fully saturated rings. The van der Waals surface area contributed by atoms with Crippen LogP contribution < -0.4 is 0 Å². The van der Waals surface area contributed by atoms with E-state index in [0.29, 0.717) is 25.0 Å². The summed E-state index contributed by atoms with van der Waals surface area (Å²) in [5, 5.41) is 2.74. The first kappa shape index (κ1) is 25.3. The number of carbonyl (C=O) groups is 1. The Morgan fingerprint density at radius 2 is 1.74 bits per heavy atom. The first-order valence-corrected chi connectivity index (χ1v) is 10.2. The zero-order chi connectivity index (χ0) is 25.1. The molecule has 34 heavy (non-hydrogen) atoms. The van der Waals surface area contributed by atoms with Crippen LogP contribution in [0.15, 0.2) is 47.7 Å². The lowest BCUT2D eigenvalue weighted by molar-refractivity contribution is -0.143. The molecule has 0 bridgehead atoms. The largest absolute Gasteiger partial charge is 0.445 e. The van der Waals surface area contributed by atoms with Gasteiger partial charge in [-0.15, -0.1) is 0 Å². The number of nitroso groups, excluding NO2 is 1. The van der Waals surface area contributed by atoms with Crippen molar-refractivity contribution in [1.82, 2.24) is 4.90 Å². The van der Waals surface area contributed by atoms with Crippen molar-refractivity contribution >= 4 is 12.2 Å². The van der Waals surface area contributed by atoms with Crippen LogP contribution in [0.4, 0.5) is 31.1 Å². The second-order valence-corrected chi connectivity index (χ2v) is 7.81. The number of carbonyl (C=O) groups excluding carboxylic acids is 1. The van der Waals surface area contributed by atoms with Gasteiger partial charge in [0.15, 0.2) is 0 Å². The lowest BCUT2D eigenvalue weighted by Crippen LogP contribution is -2.30. The molecule has 2 aromatic rings. The van der Waals surface area contributed by atoms with Crippen LogP contribution in [0.3, 0.4) is 0 Å². The molecule has 3 rings (SSSR count). The third-order valence-electron chi connectivity index (χ3n) is 5.47. The maximum atomic E-state index is 13.0. The van der Waals surface area contributed by atoms with Gasteiger partial charge in [0.05, 0.1) is 23.7 Å². The van der Waals surface area contributed by atoms with E-state index in [1.54, 1.807) is 12.2 Å². The van der Waals surface area contributed by atoms with Crippen molar-refractivity contribution in [1.29, 1.82) is 0 Å². The summed E-state index contributed by atoms with van der Waals surface area (Å²) in [6.07, 6.45) is -6.31. The smallest absolute Gasteiger partial charge is 0.416 e. The van der Waals surface area contributed by atoms with Crippen molar-refractivity contribution in [3.05, 3.63) is 80.8 Å². The fourth-order valence-corrected chi connectivity index (χ4v) is 3.81. The molecule has 11 heteroatoms. The Morgan fingerprint density at radius 3 is 2.32 bits per heavy atom. The average Bonchev–Trinajstić information content (AvgIpc) is 3.19. The van der Waals surface area contributed by atoms with Crippen LogP contribution in [0.5, 0.6) is 0 Å². The Kier molecular flexibility index (Phi) is 7.32. The Balaban J connectivity index is 1.74. The highest BCUT2D eigenvalue weighted by atomic mass is 19.4. The van der Waals surface area contributed by atoms with Crippen molar-refractivity contribution in [2.24, 2.45) is 5.18 Å². The molecule has 2 aromatic carbocycles. The van der Waals surface area contributed by atoms with Crippen LogP contribution in [-0.4, -0.2) is 24.6 Å². The quantitative estimate of drug-likeness (QED) is 0.335. The lowest BCUT2D eigenvalue weighted by atomic mass is 10.0. The highest BCUT2D eigenvalue weighted by Crippen LogP contribution is 2.38. The molecule has 0 aliphatic heterocycles.